The Morgan fingerprint density at radius 2 is 1.96 bits per heavy atom. The Bertz CT molecular complexity index is 600. The van der Waals surface area contributed by atoms with Gasteiger partial charge < -0.3 is 14.8 Å². The third-order valence-corrected chi connectivity index (χ3v) is 3.18. The monoisotopic (exact) mass is 353 g/mol. The Labute approximate surface area is 145 Å². The molecule has 1 amide bonds. The van der Waals surface area contributed by atoms with E-state index in [1.165, 1.54) is 12.2 Å². The zero-order valence-corrected chi connectivity index (χ0v) is 14.2. The molecule has 0 saturated carbocycles. The number of nitrogens with one attached hydrogen (secondary N) is 1. The highest BCUT2D eigenvalue weighted by Gasteiger charge is 2.06. The SMILES string of the molecule is CCOC(=O)CCCNC(=O)COC(=O)/C=C/c1ccccc1Cl. The third-order valence-electron chi connectivity index (χ3n) is 2.83. The second-order valence-corrected chi connectivity index (χ2v) is 5.13. The predicted octanol–water partition coefficient (Wildman–Crippen LogP) is 2.36. The van der Waals surface area contributed by atoms with Gasteiger partial charge in [-0.2, -0.15) is 0 Å². The molecular weight excluding hydrogens is 334 g/mol. The highest BCUT2D eigenvalue weighted by atomic mass is 35.5. The van der Waals surface area contributed by atoms with E-state index in [9.17, 15) is 14.4 Å². The van der Waals surface area contributed by atoms with Crippen molar-refractivity contribution in [3.63, 3.8) is 0 Å². The van der Waals surface area contributed by atoms with Crippen LogP contribution in [0.5, 0.6) is 0 Å². The van der Waals surface area contributed by atoms with E-state index in [4.69, 9.17) is 21.1 Å². The van der Waals surface area contributed by atoms with Crippen molar-refractivity contribution in [1.29, 1.82) is 0 Å². The standard InChI is InChI=1S/C17H20ClNO5/c1-2-23-16(21)8-5-11-19-15(20)12-24-17(22)10-9-13-6-3-4-7-14(13)18/h3-4,6-7,9-10H,2,5,8,11-12H2,1H3,(H,19,20)/b10-9+. The molecule has 0 fully saturated rings. The van der Waals surface area contributed by atoms with Gasteiger partial charge in [-0.3, -0.25) is 9.59 Å². The van der Waals surface area contributed by atoms with Gasteiger partial charge in [0.1, 0.15) is 0 Å². The summed E-state index contributed by atoms with van der Waals surface area (Å²) in [7, 11) is 0. The number of carbonyl (C=O) groups is 3. The van der Waals surface area contributed by atoms with Crippen molar-refractivity contribution in [2.24, 2.45) is 0 Å². The van der Waals surface area contributed by atoms with Crippen LogP contribution < -0.4 is 5.32 Å². The number of halogens is 1. The average molecular weight is 354 g/mol. The van der Waals surface area contributed by atoms with Gasteiger partial charge in [0.2, 0.25) is 0 Å². The van der Waals surface area contributed by atoms with Gasteiger partial charge in [-0.05, 0) is 31.1 Å². The van der Waals surface area contributed by atoms with Crippen molar-refractivity contribution in [2.75, 3.05) is 19.8 Å². The first-order valence-corrected chi connectivity index (χ1v) is 7.92. The summed E-state index contributed by atoms with van der Waals surface area (Å²) in [6, 6.07) is 7.03. The van der Waals surface area contributed by atoms with Crippen LogP contribution in [-0.2, 0) is 23.9 Å². The van der Waals surface area contributed by atoms with Crippen molar-refractivity contribution in [2.45, 2.75) is 19.8 Å². The van der Waals surface area contributed by atoms with E-state index in [-0.39, 0.29) is 19.0 Å². The van der Waals surface area contributed by atoms with Crippen LogP contribution >= 0.6 is 11.6 Å². The molecule has 130 valence electrons. The molecule has 1 rings (SSSR count). The molecule has 1 aromatic carbocycles. The van der Waals surface area contributed by atoms with Crippen LogP contribution in [0.15, 0.2) is 30.3 Å². The van der Waals surface area contributed by atoms with E-state index in [0.717, 1.165) is 0 Å². The van der Waals surface area contributed by atoms with Gasteiger partial charge in [-0.25, -0.2) is 4.79 Å². The number of hydrogen-bond donors (Lipinski definition) is 1. The van der Waals surface area contributed by atoms with Gasteiger partial charge >= 0.3 is 11.9 Å². The lowest BCUT2D eigenvalue weighted by Gasteiger charge is -2.05. The minimum absolute atomic E-state index is 0.231. The minimum Gasteiger partial charge on any atom is -0.466 e. The number of hydrogen-bond acceptors (Lipinski definition) is 5. The molecule has 1 aromatic rings. The van der Waals surface area contributed by atoms with E-state index in [1.807, 2.05) is 0 Å². The summed E-state index contributed by atoms with van der Waals surface area (Å²) < 4.78 is 9.57. The highest BCUT2D eigenvalue weighted by Crippen LogP contribution is 2.16. The molecule has 0 aliphatic carbocycles. The average Bonchev–Trinajstić information content (AvgIpc) is 2.56. The Morgan fingerprint density at radius 3 is 2.67 bits per heavy atom. The largest absolute Gasteiger partial charge is 0.466 e. The fourth-order valence-electron chi connectivity index (χ4n) is 1.70. The van der Waals surface area contributed by atoms with Crippen LogP contribution in [0, 0.1) is 0 Å². The van der Waals surface area contributed by atoms with Crippen LogP contribution in [-0.4, -0.2) is 37.6 Å². The lowest BCUT2D eigenvalue weighted by atomic mass is 10.2. The smallest absolute Gasteiger partial charge is 0.331 e. The predicted molar refractivity (Wildman–Crippen MR) is 90.3 cm³/mol. The van der Waals surface area contributed by atoms with E-state index in [2.05, 4.69) is 5.32 Å². The summed E-state index contributed by atoms with van der Waals surface area (Å²) in [5.41, 5.74) is 0.680. The minimum atomic E-state index is -0.642. The molecule has 0 saturated heterocycles. The molecular formula is C17H20ClNO5. The molecule has 0 radical (unpaired) electrons. The second kappa shape index (κ2) is 11.2. The van der Waals surface area contributed by atoms with Crippen molar-refractivity contribution in [1.82, 2.24) is 5.32 Å². The zero-order chi connectivity index (χ0) is 17.8. The number of rotatable bonds is 9. The van der Waals surface area contributed by atoms with Gasteiger partial charge in [0, 0.05) is 24.1 Å². The van der Waals surface area contributed by atoms with Gasteiger partial charge in [0.15, 0.2) is 6.61 Å². The summed E-state index contributed by atoms with van der Waals surface area (Å²) in [6.45, 7) is 1.99. The fraction of sp³-hybridized carbons (Fsp3) is 0.353. The Morgan fingerprint density at radius 1 is 1.21 bits per heavy atom. The molecule has 0 aliphatic rings. The highest BCUT2D eigenvalue weighted by molar-refractivity contribution is 6.32. The van der Waals surface area contributed by atoms with Crippen LogP contribution in [0.2, 0.25) is 5.02 Å². The van der Waals surface area contributed by atoms with E-state index >= 15 is 0 Å². The first-order chi connectivity index (χ1) is 11.5. The summed E-state index contributed by atoms with van der Waals surface area (Å²) >= 11 is 5.95. The van der Waals surface area contributed by atoms with E-state index in [0.29, 0.717) is 30.2 Å². The number of esters is 2. The van der Waals surface area contributed by atoms with E-state index in [1.54, 1.807) is 31.2 Å². The summed E-state index contributed by atoms with van der Waals surface area (Å²) in [5, 5.41) is 3.06. The van der Waals surface area contributed by atoms with Gasteiger partial charge in [0.05, 0.1) is 6.61 Å². The second-order valence-electron chi connectivity index (χ2n) is 4.72. The molecule has 0 atom stereocenters. The lowest BCUT2D eigenvalue weighted by molar-refractivity contribution is -0.143. The first-order valence-electron chi connectivity index (χ1n) is 7.54. The normalized spacial score (nSPS) is 10.4. The fourth-order valence-corrected chi connectivity index (χ4v) is 1.90. The third kappa shape index (κ3) is 8.33. The number of ether oxygens (including phenoxy) is 2. The Balaban J connectivity index is 2.21. The van der Waals surface area contributed by atoms with Crippen LogP contribution in [0.1, 0.15) is 25.3 Å². The van der Waals surface area contributed by atoms with Crippen molar-refractivity contribution in [3.05, 3.63) is 40.9 Å². The topological polar surface area (TPSA) is 81.7 Å². The van der Waals surface area contributed by atoms with Crippen molar-refractivity contribution in [3.8, 4) is 0 Å². The van der Waals surface area contributed by atoms with Crippen molar-refractivity contribution >= 4 is 35.5 Å². The molecule has 0 spiro atoms. The van der Waals surface area contributed by atoms with Gasteiger partial charge in [-0.15, -0.1) is 0 Å². The molecule has 0 aromatic heterocycles. The summed E-state index contributed by atoms with van der Waals surface area (Å²) in [6.07, 6.45) is 3.41. The maximum absolute atomic E-state index is 11.5. The van der Waals surface area contributed by atoms with Crippen LogP contribution in [0.3, 0.4) is 0 Å². The molecule has 7 heteroatoms. The molecule has 24 heavy (non-hydrogen) atoms. The molecule has 0 unspecified atom stereocenters. The lowest BCUT2D eigenvalue weighted by Crippen LogP contribution is -2.29. The van der Waals surface area contributed by atoms with Crippen LogP contribution in [0.25, 0.3) is 6.08 Å². The number of benzene rings is 1. The number of carbonyl (C=O) groups excluding carboxylic acids is 3. The summed E-state index contributed by atoms with van der Waals surface area (Å²) in [5.74, 6) is -1.38. The maximum atomic E-state index is 11.5. The Hall–Kier alpha value is -2.34. The zero-order valence-electron chi connectivity index (χ0n) is 13.4. The number of amides is 1. The Kier molecular flexibility index (Phi) is 9.23. The van der Waals surface area contributed by atoms with Crippen molar-refractivity contribution < 1.29 is 23.9 Å². The molecule has 0 bridgehead atoms. The maximum Gasteiger partial charge on any atom is 0.331 e. The molecule has 6 nitrogen and oxygen atoms in total. The molecule has 0 heterocycles. The summed E-state index contributed by atoms with van der Waals surface area (Å²) in [4.78, 5) is 34.1. The molecule has 0 aliphatic heterocycles. The van der Waals surface area contributed by atoms with Crippen LogP contribution in [0.4, 0.5) is 0 Å². The van der Waals surface area contributed by atoms with Gasteiger partial charge in [0.25, 0.3) is 5.91 Å². The quantitative estimate of drug-likeness (QED) is 0.418. The van der Waals surface area contributed by atoms with Gasteiger partial charge in [-0.1, -0.05) is 29.8 Å². The first kappa shape index (κ1) is 19.7. The molecule has 1 N–H and O–H groups in total. The van der Waals surface area contributed by atoms with E-state index < -0.39 is 11.9 Å².